The Balaban J connectivity index is 2.16. The van der Waals surface area contributed by atoms with Crippen LogP contribution in [0, 0.1) is 18.3 Å². The molecule has 1 amide bonds. The number of aryl methyl sites for hydroxylation is 1. The Labute approximate surface area is 161 Å². The lowest BCUT2D eigenvalue weighted by atomic mass is 10.1. The zero-order valence-corrected chi connectivity index (χ0v) is 15.9. The number of methoxy groups -OCH3 is 1. The number of benzene rings is 1. The number of nitrogens with zero attached hydrogens (tertiary/aromatic N) is 2. The number of aliphatic hydroxyl groups excluding tert-OH is 1. The predicted molar refractivity (Wildman–Crippen MR) is 98.5 cm³/mol. The molecule has 2 rings (SSSR count). The maximum atomic E-state index is 12.3. The zero-order chi connectivity index (χ0) is 20.7. The summed E-state index contributed by atoms with van der Waals surface area (Å²) in [6, 6.07) is 6.95. The number of hydrogen-bond donors (Lipinski definition) is 3. The number of ether oxygens (including phenoxy) is 1. The number of carbonyl (C=O) groups is 1. The minimum Gasteiger partial charge on any atom is -0.506 e. The van der Waals surface area contributed by atoms with Crippen molar-refractivity contribution in [3.8, 4) is 6.07 Å². The van der Waals surface area contributed by atoms with Crippen LogP contribution < -0.4 is 10.0 Å². The van der Waals surface area contributed by atoms with Crippen LogP contribution >= 0.6 is 0 Å². The highest BCUT2D eigenvalue weighted by atomic mass is 32.2. The van der Waals surface area contributed by atoms with Crippen LogP contribution in [-0.2, 0) is 19.6 Å². The van der Waals surface area contributed by atoms with Crippen molar-refractivity contribution in [3.63, 3.8) is 0 Å². The minimum absolute atomic E-state index is 0.000550. The number of aliphatic hydroxyl groups is 1. The van der Waals surface area contributed by atoms with E-state index in [4.69, 9.17) is 9.26 Å². The van der Waals surface area contributed by atoms with Crippen LogP contribution in [0.3, 0.4) is 0 Å². The lowest BCUT2D eigenvalue weighted by Crippen LogP contribution is -2.27. The largest absolute Gasteiger partial charge is 0.506 e. The van der Waals surface area contributed by atoms with E-state index in [2.05, 4.69) is 15.2 Å². The number of rotatable bonds is 8. The maximum absolute atomic E-state index is 12.3. The summed E-state index contributed by atoms with van der Waals surface area (Å²) in [5.74, 6) is -1.19. The Hall–Kier alpha value is -3.20. The fraction of sp³-hybridized carbons (Fsp3) is 0.235. The topological polar surface area (TPSA) is 155 Å². The number of sulfonamides is 1. The SMILES string of the molecule is COCCNS(=O)(=O)c1ccc(NC(=O)/C(C#N)=C(\O)c2cnoc2C)cc1. The number of nitrogens with one attached hydrogen (secondary N) is 2. The van der Waals surface area contributed by atoms with E-state index in [-0.39, 0.29) is 35.1 Å². The fourth-order valence-corrected chi connectivity index (χ4v) is 3.16. The molecule has 0 aliphatic carbocycles. The van der Waals surface area contributed by atoms with Crippen molar-refractivity contribution in [2.45, 2.75) is 11.8 Å². The smallest absolute Gasteiger partial charge is 0.270 e. The van der Waals surface area contributed by atoms with Gasteiger partial charge in [0.15, 0.2) is 11.3 Å². The minimum atomic E-state index is -3.71. The molecule has 1 aromatic carbocycles. The van der Waals surface area contributed by atoms with E-state index in [1.54, 1.807) is 6.07 Å². The van der Waals surface area contributed by atoms with Gasteiger partial charge in [0.25, 0.3) is 5.91 Å². The summed E-state index contributed by atoms with van der Waals surface area (Å²) >= 11 is 0. The Morgan fingerprint density at radius 3 is 2.57 bits per heavy atom. The second-order valence-corrected chi connectivity index (χ2v) is 7.27. The predicted octanol–water partition coefficient (Wildman–Crippen LogP) is 1.34. The molecule has 148 valence electrons. The number of anilines is 1. The molecule has 1 heterocycles. The van der Waals surface area contributed by atoms with E-state index in [1.165, 1.54) is 44.5 Å². The Bertz CT molecular complexity index is 1020. The van der Waals surface area contributed by atoms with Crippen molar-refractivity contribution in [2.24, 2.45) is 0 Å². The molecule has 1 aromatic heterocycles. The monoisotopic (exact) mass is 406 g/mol. The number of amides is 1. The van der Waals surface area contributed by atoms with Gasteiger partial charge in [-0.15, -0.1) is 0 Å². The highest BCUT2D eigenvalue weighted by Gasteiger charge is 2.20. The second-order valence-electron chi connectivity index (χ2n) is 5.50. The van der Waals surface area contributed by atoms with Crippen molar-refractivity contribution in [3.05, 3.63) is 47.4 Å². The van der Waals surface area contributed by atoms with Crippen LogP contribution in [0.1, 0.15) is 11.3 Å². The van der Waals surface area contributed by atoms with E-state index in [0.717, 1.165) is 0 Å². The van der Waals surface area contributed by atoms with E-state index < -0.39 is 27.3 Å². The van der Waals surface area contributed by atoms with Gasteiger partial charge in [0, 0.05) is 19.3 Å². The molecule has 0 aliphatic rings. The quantitative estimate of drug-likeness (QED) is 0.257. The average molecular weight is 406 g/mol. The molecule has 2 aromatic rings. The normalized spacial score (nSPS) is 12.2. The second kappa shape index (κ2) is 9.14. The van der Waals surface area contributed by atoms with Crippen molar-refractivity contribution in [1.82, 2.24) is 9.88 Å². The number of hydrogen-bond acceptors (Lipinski definition) is 8. The lowest BCUT2D eigenvalue weighted by Gasteiger charge is -2.09. The van der Waals surface area contributed by atoms with Crippen molar-refractivity contribution in [2.75, 3.05) is 25.6 Å². The first-order valence-electron chi connectivity index (χ1n) is 7.95. The Morgan fingerprint density at radius 1 is 1.36 bits per heavy atom. The van der Waals surface area contributed by atoms with Gasteiger partial charge in [0.1, 0.15) is 11.8 Å². The molecule has 0 spiro atoms. The highest BCUT2D eigenvalue weighted by molar-refractivity contribution is 7.89. The summed E-state index contributed by atoms with van der Waals surface area (Å²) in [4.78, 5) is 12.3. The van der Waals surface area contributed by atoms with Gasteiger partial charge in [0.05, 0.1) is 23.3 Å². The Morgan fingerprint density at radius 2 is 2.04 bits per heavy atom. The molecule has 0 saturated heterocycles. The molecule has 28 heavy (non-hydrogen) atoms. The van der Waals surface area contributed by atoms with Gasteiger partial charge >= 0.3 is 0 Å². The fourth-order valence-electron chi connectivity index (χ4n) is 2.14. The zero-order valence-electron chi connectivity index (χ0n) is 15.1. The van der Waals surface area contributed by atoms with E-state index >= 15 is 0 Å². The molecule has 0 radical (unpaired) electrons. The standard InChI is InChI=1S/C17H18N4O6S/c1-11-15(10-19-27-11)16(22)14(9-18)17(23)21-12-3-5-13(6-4-12)28(24,25)20-7-8-26-2/h3-6,10,20,22H,7-8H2,1-2H3,(H,21,23)/b16-14-. The third kappa shape index (κ3) is 4.95. The average Bonchev–Trinajstić information content (AvgIpc) is 3.08. The van der Waals surface area contributed by atoms with Crippen molar-refractivity contribution >= 4 is 27.4 Å². The van der Waals surface area contributed by atoms with Crippen molar-refractivity contribution < 1.29 is 27.6 Å². The number of aromatic nitrogens is 1. The van der Waals surface area contributed by atoms with Crippen LogP contribution in [0.25, 0.3) is 5.76 Å². The van der Waals surface area contributed by atoms with E-state index in [9.17, 15) is 23.6 Å². The maximum Gasteiger partial charge on any atom is 0.270 e. The third-order valence-electron chi connectivity index (χ3n) is 3.60. The summed E-state index contributed by atoms with van der Waals surface area (Å²) in [6.07, 6.45) is 1.19. The van der Waals surface area contributed by atoms with Crippen LogP contribution in [0.15, 0.2) is 45.5 Å². The van der Waals surface area contributed by atoms with Gasteiger partial charge in [-0.2, -0.15) is 5.26 Å². The van der Waals surface area contributed by atoms with Crippen LogP contribution in [0.5, 0.6) is 0 Å². The lowest BCUT2D eigenvalue weighted by molar-refractivity contribution is -0.112. The van der Waals surface area contributed by atoms with Gasteiger partial charge < -0.3 is 19.7 Å². The summed E-state index contributed by atoms with van der Waals surface area (Å²) in [5.41, 5.74) is -0.178. The number of nitriles is 1. The third-order valence-corrected chi connectivity index (χ3v) is 5.08. The first-order valence-corrected chi connectivity index (χ1v) is 9.43. The molecular formula is C17H18N4O6S. The first-order chi connectivity index (χ1) is 13.3. The molecule has 0 bridgehead atoms. The molecule has 0 fully saturated rings. The summed E-state index contributed by atoms with van der Waals surface area (Å²) < 4.78 is 36.1. The van der Waals surface area contributed by atoms with Crippen LogP contribution in [0.2, 0.25) is 0 Å². The molecule has 0 atom stereocenters. The summed E-state index contributed by atoms with van der Waals surface area (Å²) in [5, 5.41) is 25.3. The highest BCUT2D eigenvalue weighted by Crippen LogP contribution is 2.21. The van der Waals surface area contributed by atoms with E-state index in [1.807, 2.05) is 0 Å². The van der Waals surface area contributed by atoms with Gasteiger partial charge in [0.2, 0.25) is 10.0 Å². The van der Waals surface area contributed by atoms with Gasteiger partial charge in [-0.05, 0) is 31.2 Å². The first kappa shape index (κ1) is 21.1. The van der Waals surface area contributed by atoms with Crippen molar-refractivity contribution in [1.29, 1.82) is 5.26 Å². The van der Waals surface area contributed by atoms with Crippen LogP contribution in [0.4, 0.5) is 5.69 Å². The number of carbonyl (C=O) groups excluding carboxylic acids is 1. The summed E-state index contributed by atoms with van der Waals surface area (Å²) in [6.45, 7) is 1.87. The molecule has 0 aliphatic heterocycles. The van der Waals surface area contributed by atoms with Gasteiger partial charge in [-0.25, -0.2) is 13.1 Å². The molecular weight excluding hydrogens is 388 g/mol. The Kier molecular flexibility index (Phi) is 6.89. The summed E-state index contributed by atoms with van der Waals surface area (Å²) in [7, 11) is -2.25. The molecule has 0 unspecified atom stereocenters. The molecule has 10 nitrogen and oxygen atoms in total. The van der Waals surface area contributed by atoms with E-state index in [0.29, 0.717) is 0 Å². The van der Waals surface area contributed by atoms with Gasteiger partial charge in [-0.1, -0.05) is 5.16 Å². The molecule has 3 N–H and O–H groups in total. The van der Waals surface area contributed by atoms with Crippen LogP contribution in [-0.4, -0.2) is 44.8 Å². The molecule has 11 heteroatoms. The molecule has 0 saturated carbocycles. The van der Waals surface area contributed by atoms with Gasteiger partial charge in [-0.3, -0.25) is 4.79 Å².